The molecule has 0 fully saturated rings. The van der Waals surface area contributed by atoms with Crippen molar-refractivity contribution in [2.24, 2.45) is 11.8 Å². The van der Waals surface area contributed by atoms with Gasteiger partial charge in [-0.2, -0.15) is 0 Å². The Morgan fingerprint density at radius 3 is 1.47 bits per heavy atom. The Bertz CT molecular complexity index is 226. The molecule has 0 amide bonds. The Balaban J connectivity index is 3.88. The van der Waals surface area contributed by atoms with Crippen molar-refractivity contribution in [3.63, 3.8) is 0 Å². The number of hydrogen-bond acceptors (Lipinski definition) is 3. The molecule has 0 aliphatic heterocycles. The lowest BCUT2D eigenvalue weighted by Crippen LogP contribution is -1.99. The lowest BCUT2D eigenvalue weighted by Gasteiger charge is -2.09. The normalized spacial score (nSPS) is 13.2. The van der Waals surface area contributed by atoms with Gasteiger partial charge >= 0.3 is 0 Å². The summed E-state index contributed by atoms with van der Waals surface area (Å²) in [5.41, 5.74) is 0. The maximum Gasteiger partial charge on any atom is 0.135 e. The van der Waals surface area contributed by atoms with Gasteiger partial charge in [-0.1, -0.05) is 27.7 Å². The van der Waals surface area contributed by atoms with Crippen LogP contribution in [0.15, 0.2) is 24.0 Å². The van der Waals surface area contributed by atoms with Crippen LogP contribution in [0.1, 0.15) is 41.5 Å². The fourth-order valence-corrected chi connectivity index (χ4v) is 1.02. The van der Waals surface area contributed by atoms with Crippen LogP contribution in [-0.4, -0.2) is 13.2 Å². The van der Waals surface area contributed by atoms with Crippen LogP contribution >= 0.6 is 0 Å². The molecule has 0 heterocycles. The summed E-state index contributed by atoms with van der Waals surface area (Å²) in [7, 11) is 0. The van der Waals surface area contributed by atoms with Crippen molar-refractivity contribution in [3.8, 4) is 0 Å². The predicted octanol–water partition coefficient (Wildman–Crippen LogP) is 4.07. The summed E-state index contributed by atoms with van der Waals surface area (Å²) in [6, 6.07) is 0. The van der Waals surface area contributed by atoms with Gasteiger partial charge in [0.25, 0.3) is 0 Å². The van der Waals surface area contributed by atoms with E-state index in [0.29, 0.717) is 25.0 Å². The van der Waals surface area contributed by atoms with E-state index >= 15 is 0 Å². The number of rotatable bonds is 8. The summed E-state index contributed by atoms with van der Waals surface area (Å²) in [5, 5.41) is 0. The Kier molecular flexibility index (Phi) is 8.38. The first kappa shape index (κ1) is 15.9. The van der Waals surface area contributed by atoms with Crippen molar-refractivity contribution in [2.75, 3.05) is 13.2 Å². The Morgan fingerprint density at radius 2 is 1.18 bits per heavy atom. The number of allylic oxidation sites excluding steroid dienone is 2. The average molecular weight is 242 g/mol. The second-order valence-corrected chi connectivity index (χ2v) is 5.01. The lowest BCUT2D eigenvalue weighted by atomic mass is 10.2. The molecule has 100 valence electrons. The molecule has 0 saturated heterocycles. The van der Waals surface area contributed by atoms with Crippen molar-refractivity contribution in [2.45, 2.75) is 41.5 Å². The molecule has 0 aliphatic carbocycles. The van der Waals surface area contributed by atoms with Gasteiger partial charge in [0.1, 0.15) is 24.0 Å². The van der Waals surface area contributed by atoms with Gasteiger partial charge in [-0.25, -0.2) is 0 Å². The van der Waals surface area contributed by atoms with Gasteiger partial charge in [0.2, 0.25) is 0 Å². The van der Waals surface area contributed by atoms with E-state index in [1.807, 2.05) is 13.8 Å². The lowest BCUT2D eigenvalue weighted by molar-refractivity contribution is 0.173. The quantitative estimate of drug-likeness (QED) is 0.600. The van der Waals surface area contributed by atoms with Crippen LogP contribution in [-0.2, 0) is 14.2 Å². The van der Waals surface area contributed by atoms with E-state index in [9.17, 15) is 0 Å². The SMILES string of the molecule is C/C(=C/OCC(C)C)O/C(C)=C\OCC(C)C. The van der Waals surface area contributed by atoms with Crippen LogP contribution in [0, 0.1) is 11.8 Å². The summed E-state index contributed by atoms with van der Waals surface area (Å²) >= 11 is 0. The van der Waals surface area contributed by atoms with E-state index in [2.05, 4.69) is 27.7 Å². The molecule has 0 radical (unpaired) electrons. The number of ether oxygens (including phenoxy) is 3. The summed E-state index contributed by atoms with van der Waals surface area (Å²) in [4.78, 5) is 0. The van der Waals surface area contributed by atoms with Gasteiger partial charge in [0.15, 0.2) is 0 Å². The minimum absolute atomic E-state index is 0.519. The van der Waals surface area contributed by atoms with E-state index in [0.717, 1.165) is 11.5 Å². The Labute approximate surface area is 105 Å². The van der Waals surface area contributed by atoms with Gasteiger partial charge in [-0.15, -0.1) is 0 Å². The molecule has 0 rings (SSSR count). The molecule has 0 atom stereocenters. The highest BCUT2D eigenvalue weighted by atomic mass is 16.5. The third-order valence-electron chi connectivity index (χ3n) is 1.68. The molecule has 0 bridgehead atoms. The second-order valence-electron chi connectivity index (χ2n) is 5.01. The third kappa shape index (κ3) is 11.1. The monoisotopic (exact) mass is 242 g/mol. The summed E-state index contributed by atoms with van der Waals surface area (Å²) < 4.78 is 16.2. The van der Waals surface area contributed by atoms with E-state index < -0.39 is 0 Å². The van der Waals surface area contributed by atoms with Crippen LogP contribution in [0.5, 0.6) is 0 Å². The van der Waals surface area contributed by atoms with Crippen molar-refractivity contribution in [1.29, 1.82) is 0 Å². The fourth-order valence-electron chi connectivity index (χ4n) is 1.02. The van der Waals surface area contributed by atoms with Crippen molar-refractivity contribution in [1.82, 2.24) is 0 Å². The summed E-state index contributed by atoms with van der Waals surface area (Å²) in [6.07, 6.45) is 3.28. The minimum atomic E-state index is 0.519. The Hall–Kier alpha value is -1.12. The van der Waals surface area contributed by atoms with E-state index in [1.165, 1.54) is 0 Å². The summed E-state index contributed by atoms with van der Waals surface area (Å²) in [5.74, 6) is 2.50. The topological polar surface area (TPSA) is 27.7 Å². The zero-order chi connectivity index (χ0) is 13.3. The third-order valence-corrected chi connectivity index (χ3v) is 1.68. The average Bonchev–Trinajstić information content (AvgIpc) is 2.15. The molecule has 3 nitrogen and oxygen atoms in total. The molecule has 0 unspecified atom stereocenters. The highest BCUT2D eigenvalue weighted by molar-refractivity contribution is 4.92. The van der Waals surface area contributed by atoms with Crippen LogP contribution < -0.4 is 0 Å². The van der Waals surface area contributed by atoms with E-state index in [1.54, 1.807) is 12.5 Å². The highest BCUT2D eigenvalue weighted by Gasteiger charge is 1.97. The Morgan fingerprint density at radius 1 is 0.824 bits per heavy atom. The van der Waals surface area contributed by atoms with Gasteiger partial charge < -0.3 is 14.2 Å². The summed E-state index contributed by atoms with van der Waals surface area (Å²) in [6.45, 7) is 13.6. The van der Waals surface area contributed by atoms with Gasteiger partial charge in [-0.3, -0.25) is 0 Å². The van der Waals surface area contributed by atoms with Crippen LogP contribution in [0.3, 0.4) is 0 Å². The maximum atomic E-state index is 5.49. The molecule has 0 saturated carbocycles. The van der Waals surface area contributed by atoms with E-state index in [-0.39, 0.29) is 0 Å². The van der Waals surface area contributed by atoms with Crippen molar-refractivity contribution >= 4 is 0 Å². The van der Waals surface area contributed by atoms with Gasteiger partial charge in [-0.05, 0) is 25.7 Å². The predicted molar refractivity (Wildman–Crippen MR) is 70.2 cm³/mol. The first-order valence-corrected chi connectivity index (χ1v) is 6.16. The van der Waals surface area contributed by atoms with Crippen LogP contribution in [0.25, 0.3) is 0 Å². The van der Waals surface area contributed by atoms with Crippen LogP contribution in [0.4, 0.5) is 0 Å². The van der Waals surface area contributed by atoms with Crippen molar-refractivity contribution < 1.29 is 14.2 Å². The van der Waals surface area contributed by atoms with Crippen LogP contribution in [0.2, 0.25) is 0 Å². The molecule has 17 heavy (non-hydrogen) atoms. The van der Waals surface area contributed by atoms with E-state index in [4.69, 9.17) is 14.2 Å². The molecule has 0 aromatic carbocycles. The second kappa shape index (κ2) is 8.97. The molecular formula is C14H26O3. The fraction of sp³-hybridized carbons (Fsp3) is 0.714. The smallest absolute Gasteiger partial charge is 0.135 e. The molecule has 3 heteroatoms. The first-order valence-electron chi connectivity index (χ1n) is 6.16. The largest absolute Gasteiger partial charge is 0.497 e. The standard InChI is InChI=1S/C14H26O3/c1-11(2)7-15-9-13(5)17-14(6)10-16-8-12(3)4/h9-12H,7-8H2,1-6H3/b13-9-,14-10-. The molecule has 0 aliphatic rings. The van der Waals surface area contributed by atoms with Gasteiger partial charge in [0, 0.05) is 0 Å². The molecular weight excluding hydrogens is 216 g/mol. The number of hydrogen-bond donors (Lipinski definition) is 0. The molecule has 0 aromatic heterocycles. The molecule has 0 spiro atoms. The minimum Gasteiger partial charge on any atom is -0.497 e. The maximum absolute atomic E-state index is 5.49. The highest BCUT2D eigenvalue weighted by Crippen LogP contribution is 2.07. The zero-order valence-electron chi connectivity index (χ0n) is 11.9. The van der Waals surface area contributed by atoms with Crippen molar-refractivity contribution in [3.05, 3.63) is 24.0 Å². The molecule has 0 N–H and O–H groups in total. The zero-order valence-corrected chi connectivity index (χ0v) is 11.9. The first-order chi connectivity index (χ1) is 7.91. The van der Waals surface area contributed by atoms with Gasteiger partial charge in [0.05, 0.1) is 13.2 Å². The molecule has 0 aromatic rings.